The molecular formula is C12H19Cl2N3O. The lowest BCUT2D eigenvalue weighted by molar-refractivity contribution is -0.0511. The minimum absolute atomic E-state index is 0.110. The molecule has 2 atom stereocenters. The Morgan fingerprint density at radius 1 is 1.50 bits per heavy atom. The lowest BCUT2D eigenvalue weighted by Gasteiger charge is -2.37. The number of rotatable bonds is 3. The average Bonchev–Trinajstić information content (AvgIpc) is 2.58. The van der Waals surface area contributed by atoms with Crippen molar-refractivity contribution >= 4 is 23.2 Å². The van der Waals surface area contributed by atoms with Gasteiger partial charge in [0.25, 0.3) is 0 Å². The molecule has 6 heteroatoms. The van der Waals surface area contributed by atoms with Gasteiger partial charge in [0.2, 0.25) is 0 Å². The molecule has 2 unspecified atom stereocenters. The maximum atomic E-state index is 6.27. The molecule has 0 saturated carbocycles. The van der Waals surface area contributed by atoms with Gasteiger partial charge in [-0.2, -0.15) is 5.10 Å². The van der Waals surface area contributed by atoms with Crippen molar-refractivity contribution in [2.75, 3.05) is 19.0 Å². The highest BCUT2D eigenvalue weighted by Gasteiger charge is 2.27. The van der Waals surface area contributed by atoms with Crippen LogP contribution >= 0.6 is 23.2 Å². The highest BCUT2D eigenvalue weighted by Crippen LogP contribution is 2.23. The Bertz CT molecular complexity index is 422. The predicted molar refractivity (Wildman–Crippen MR) is 73.3 cm³/mol. The molecule has 0 N–H and O–H groups in total. The maximum Gasteiger partial charge on any atom is 0.131 e. The first-order chi connectivity index (χ1) is 8.52. The zero-order valence-corrected chi connectivity index (χ0v) is 12.5. The van der Waals surface area contributed by atoms with E-state index in [4.69, 9.17) is 27.9 Å². The van der Waals surface area contributed by atoms with Gasteiger partial charge >= 0.3 is 0 Å². The van der Waals surface area contributed by atoms with E-state index in [1.54, 1.807) is 4.68 Å². The number of hydrogen-bond acceptors (Lipinski definition) is 3. The molecular weight excluding hydrogens is 273 g/mol. The van der Waals surface area contributed by atoms with Gasteiger partial charge in [0.05, 0.1) is 18.4 Å². The summed E-state index contributed by atoms with van der Waals surface area (Å²) in [6.07, 6.45) is 0.110. The number of nitrogens with zero attached hydrogens (tertiary/aromatic N) is 3. The second kappa shape index (κ2) is 5.78. The van der Waals surface area contributed by atoms with E-state index in [2.05, 4.69) is 16.9 Å². The highest BCUT2D eigenvalue weighted by atomic mass is 35.5. The summed E-state index contributed by atoms with van der Waals surface area (Å²) in [5.41, 5.74) is 2.09. The third kappa shape index (κ3) is 2.82. The van der Waals surface area contributed by atoms with Crippen molar-refractivity contribution in [1.82, 2.24) is 14.7 Å². The summed E-state index contributed by atoms with van der Waals surface area (Å²) in [6.45, 7) is 6.51. The Morgan fingerprint density at radius 2 is 2.22 bits per heavy atom. The summed E-state index contributed by atoms with van der Waals surface area (Å²) in [7, 11) is 1.86. The molecule has 102 valence electrons. The number of hydrogen-bond donors (Lipinski definition) is 0. The summed E-state index contributed by atoms with van der Waals surface area (Å²) >= 11 is 12.1. The average molecular weight is 292 g/mol. The van der Waals surface area contributed by atoms with Crippen LogP contribution in [0.4, 0.5) is 0 Å². The largest absolute Gasteiger partial charge is 0.374 e. The fourth-order valence-corrected chi connectivity index (χ4v) is 2.67. The van der Waals surface area contributed by atoms with Gasteiger partial charge in [-0.1, -0.05) is 11.6 Å². The van der Waals surface area contributed by atoms with Gasteiger partial charge < -0.3 is 4.74 Å². The van der Waals surface area contributed by atoms with Crippen molar-refractivity contribution in [3.63, 3.8) is 0 Å². The molecule has 0 radical (unpaired) electrons. The van der Waals surface area contributed by atoms with Crippen molar-refractivity contribution in [3.05, 3.63) is 16.4 Å². The number of alkyl halides is 1. The van der Waals surface area contributed by atoms with E-state index in [-0.39, 0.29) is 6.10 Å². The first-order valence-electron chi connectivity index (χ1n) is 6.12. The molecule has 4 nitrogen and oxygen atoms in total. The van der Waals surface area contributed by atoms with Crippen LogP contribution in [0.5, 0.6) is 0 Å². The lowest BCUT2D eigenvalue weighted by atomic mass is 10.1. The van der Waals surface area contributed by atoms with Crippen LogP contribution in [0.3, 0.4) is 0 Å². The number of morpholine rings is 1. The Morgan fingerprint density at radius 3 is 2.78 bits per heavy atom. The summed E-state index contributed by atoms with van der Waals surface area (Å²) in [4.78, 5) is 2.35. The minimum Gasteiger partial charge on any atom is -0.374 e. The Kier molecular flexibility index (Phi) is 4.54. The molecule has 1 fully saturated rings. The minimum atomic E-state index is 0.110. The van der Waals surface area contributed by atoms with Crippen LogP contribution in [-0.4, -0.2) is 45.9 Å². The van der Waals surface area contributed by atoms with Gasteiger partial charge in [0.15, 0.2) is 0 Å². The molecule has 2 rings (SSSR count). The zero-order valence-electron chi connectivity index (χ0n) is 11.0. The molecule has 18 heavy (non-hydrogen) atoms. The first-order valence-corrected chi connectivity index (χ1v) is 7.03. The smallest absolute Gasteiger partial charge is 0.131 e. The topological polar surface area (TPSA) is 30.3 Å². The molecule has 2 heterocycles. The van der Waals surface area contributed by atoms with Gasteiger partial charge in [-0.25, -0.2) is 0 Å². The summed E-state index contributed by atoms with van der Waals surface area (Å²) in [5.74, 6) is 0.531. The Labute approximate surface area is 118 Å². The standard InChI is InChI=1S/C12H19Cl2N3O/c1-8-7-18-10(4-13)5-17(8)6-11-9(2)15-16(3)12(11)14/h8,10H,4-7H2,1-3H3. The number of aryl methyl sites for hydroxylation is 2. The van der Waals surface area contributed by atoms with Gasteiger partial charge in [-0.3, -0.25) is 9.58 Å². The Hall–Kier alpha value is -0.290. The molecule has 0 aliphatic carbocycles. The van der Waals surface area contributed by atoms with Crippen LogP contribution in [0.15, 0.2) is 0 Å². The lowest BCUT2D eigenvalue weighted by Crippen LogP contribution is -2.48. The molecule has 1 aromatic heterocycles. The molecule has 1 aromatic rings. The van der Waals surface area contributed by atoms with E-state index in [1.165, 1.54) is 0 Å². The van der Waals surface area contributed by atoms with Crippen LogP contribution in [0.25, 0.3) is 0 Å². The summed E-state index contributed by atoms with van der Waals surface area (Å²) < 4.78 is 7.36. The number of halogens is 2. The van der Waals surface area contributed by atoms with E-state index < -0.39 is 0 Å². The molecule has 1 aliphatic rings. The molecule has 0 aromatic carbocycles. The molecule has 0 spiro atoms. The van der Waals surface area contributed by atoms with Crippen molar-refractivity contribution in [1.29, 1.82) is 0 Å². The van der Waals surface area contributed by atoms with E-state index in [1.807, 2.05) is 14.0 Å². The number of ether oxygens (including phenoxy) is 1. The second-order valence-corrected chi connectivity index (χ2v) is 5.53. The van der Waals surface area contributed by atoms with E-state index in [9.17, 15) is 0 Å². The SMILES string of the molecule is Cc1nn(C)c(Cl)c1CN1CC(CCl)OCC1C. The quantitative estimate of drug-likeness (QED) is 0.800. The van der Waals surface area contributed by atoms with Gasteiger partial charge in [-0.05, 0) is 13.8 Å². The van der Waals surface area contributed by atoms with Gasteiger partial charge in [0, 0.05) is 37.6 Å². The second-order valence-electron chi connectivity index (χ2n) is 4.87. The normalized spacial score (nSPS) is 25.6. The maximum absolute atomic E-state index is 6.27. The summed E-state index contributed by atoms with van der Waals surface area (Å²) in [5, 5.41) is 5.06. The van der Waals surface area contributed by atoms with E-state index in [0.717, 1.165) is 24.3 Å². The van der Waals surface area contributed by atoms with Crippen LogP contribution in [0, 0.1) is 6.92 Å². The van der Waals surface area contributed by atoms with Crippen LogP contribution in [0.2, 0.25) is 5.15 Å². The fourth-order valence-electron chi connectivity index (χ4n) is 2.25. The first kappa shape index (κ1) is 14.1. The third-order valence-corrected chi connectivity index (χ3v) is 4.25. The van der Waals surface area contributed by atoms with Crippen molar-refractivity contribution in [3.8, 4) is 0 Å². The van der Waals surface area contributed by atoms with Gasteiger partial charge in [-0.15, -0.1) is 11.6 Å². The fraction of sp³-hybridized carbons (Fsp3) is 0.750. The molecule has 1 aliphatic heterocycles. The molecule has 0 bridgehead atoms. The number of aromatic nitrogens is 2. The highest BCUT2D eigenvalue weighted by molar-refractivity contribution is 6.30. The van der Waals surface area contributed by atoms with E-state index >= 15 is 0 Å². The third-order valence-electron chi connectivity index (χ3n) is 3.44. The van der Waals surface area contributed by atoms with Crippen molar-refractivity contribution in [2.24, 2.45) is 7.05 Å². The van der Waals surface area contributed by atoms with Crippen molar-refractivity contribution < 1.29 is 4.74 Å². The monoisotopic (exact) mass is 291 g/mol. The van der Waals surface area contributed by atoms with Crippen LogP contribution in [0.1, 0.15) is 18.2 Å². The Balaban J connectivity index is 2.11. The van der Waals surface area contributed by atoms with Crippen LogP contribution < -0.4 is 0 Å². The predicted octanol–water partition coefficient (Wildman–Crippen LogP) is 2.21. The van der Waals surface area contributed by atoms with E-state index in [0.29, 0.717) is 23.7 Å². The molecule has 1 saturated heterocycles. The molecule has 0 amide bonds. The van der Waals surface area contributed by atoms with Crippen LogP contribution in [-0.2, 0) is 18.3 Å². The zero-order chi connectivity index (χ0) is 13.3. The summed E-state index contributed by atoms with van der Waals surface area (Å²) in [6, 6.07) is 0.375. The van der Waals surface area contributed by atoms with Crippen molar-refractivity contribution in [2.45, 2.75) is 32.5 Å². The van der Waals surface area contributed by atoms with Gasteiger partial charge in [0.1, 0.15) is 5.15 Å².